The molecule has 2 atom stereocenters. The number of sulfone groups is 1. The second-order valence-corrected chi connectivity index (χ2v) is 10.4. The highest BCUT2D eigenvalue weighted by Crippen LogP contribution is 2.23. The Hall–Kier alpha value is -2.30. The van der Waals surface area contributed by atoms with E-state index in [0.29, 0.717) is 26.2 Å². The van der Waals surface area contributed by atoms with Crippen LogP contribution in [-0.4, -0.2) is 86.2 Å². The number of carbonyl (C=O) groups is 2. The number of nitrogens with one attached hydrogen (secondary N) is 1. The molecular weight excluding hydrogens is 420 g/mol. The molecule has 0 spiro atoms. The summed E-state index contributed by atoms with van der Waals surface area (Å²) in [6.45, 7) is 3.30. The van der Waals surface area contributed by atoms with Gasteiger partial charge in [0.15, 0.2) is 9.84 Å². The van der Waals surface area contributed by atoms with E-state index in [1.165, 1.54) is 5.01 Å². The minimum Gasteiger partial charge on any atom is -0.379 e. The van der Waals surface area contributed by atoms with Gasteiger partial charge in [-0.3, -0.25) is 14.5 Å². The van der Waals surface area contributed by atoms with Crippen LogP contribution in [-0.2, 0) is 24.2 Å². The van der Waals surface area contributed by atoms with Gasteiger partial charge in [-0.05, 0) is 12.0 Å². The molecule has 4 rings (SSSR count). The maximum absolute atomic E-state index is 12.9. The van der Waals surface area contributed by atoms with Crippen LogP contribution in [0.2, 0.25) is 0 Å². The first kappa shape index (κ1) is 21.9. The Balaban J connectivity index is 1.44. The fourth-order valence-electron chi connectivity index (χ4n) is 4.30. The second kappa shape index (κ2) is 9.46. The van der Waals surface area contributed by atoms with Gasteiger partial charge in [0.25, 0.3) is 5.91 Å². The molecule has 2 amide bonds. The summed E-state index contributed by atoms with van der Waals surface area (Å²) in [4.78, 5) is 27.5. The molecule has 9 nitrogen and oxygen atoms in total. The zero-order chi connectivity index (χ0) is 21.8. The first-order chi connectivity index (χ1) is 14.9. The Morgan fingerprint density at radius 2 is 1.94 bits per heavy atom. The SMILES string of the molecule is O=C(NC[C@H](c1ccccc1)N1CCOCC1)C1=NN([C@H]2CCS(=O)(=O)C2)C(=O)CC1. The van der Waals surface area contributed by atoms with Crippen molar-refractivity contribution in [1.82, 2.24) is 15.2 Å². The van der Waals surface area contributed by atoms with E-state index in [9.17, 15) is 18.0 Å². The molecule has 0 radical (unpaired) electrons. The van der Waals surface area contributed by atoms with Crippen molar-refractivity contribution in [3.63, 3.8) is 0 Å². The predicted octanol–water partition coefficient (Wildman–Crippen LogP) is 0.342. The van der Waals surface area contributed by atoms with Gasteiger partial charge in [0.2, 0.25) is 5.91 Å². The van der Waals surface area contributed by atoms with Crippen LogP contribution >= 0.6 is 0 Å². The van der Waals surface area contributed by atoms with Crippen LogP contribution < -0.4 is 5.32 Å². The maximum atomic E-state index is 12.9. The first-order valence-corrected chi connectivity index (χ1v) is 12.5. The van der Waals surface area contributed by atoms with Crippen molar-refractivity contribution in [1.29, 1.82) is 0 Å². The maximum Gasteiger partial charge on any atom is 0.267 e. The minimum atomic E-state index is -3.15. The number of ether oxygens (including phenoxy) is 1. The highest BCUT2D eigenvalue weighted by Gasteiger charge is 2.37. The Morgan fingerprint density at radius 3 is 2.61 bits per heavy atom. The average molecular weight is 449 g/mol. The lowest BCUT2D eigenvalue weighted by Gasteiger charge is -2.35. The minimum absolute atomic E-state index is 0.0101. The Morgan fingerprint density at radius 1 is 1.19 bits per heavy atom. The van der Waals surface area contributed by atoms with Crippen LogP contribution in [0.4, 0.5) is 0 Å². The van der Waals surface area contributed by atoms with E-state index in [0.717, 1.165) is 18.7 Å². The van der Waals surface area contributed by atoms with Gasteiger partial charge in [-0.2, -0.15) is 5.10 Å². The molecule has 31 heavy (non-hydrogen) atoms. The average Bonchev–Trinajstić information content (AvgIpc) is 3.15. The molecule has 3 aliphatic rings. The topological polar surface area (TPSA) is 108 Å². The predicted molar refractivity (Wildman–Crippen MR) is 115 cm³/mol. The monoisotopic (exact) mass is 448 g/mol. The number of hydrogen-bond acceptors (Lipinski definition) is 7. The summed E-state index contributed by atoms with van der Waals surface area (Å²) in [7, 11) is -3.15. The van der Waals surface area contributed by atoms with Crippen LogP contribution in [0.5, 0.6) is 0 Å². The van der Waals surface area contributed by atoms with E-state index < -0.39 is 15.9 Å². The Kier molecular flexibility index (Phi) is 6.68. The lowest BCUT2D eigenvalue weighted by Crippen LogP contribution is -2.47. The molecule has 0 unspecified atom stereocenters. The number of carbonyl (C=O) groups excluding carboxylic acids is 2. The summed E-state index contributed by atoms with van der Waals surface area (Å²) in [5, 5.41) is 8.47. The molecule has 0 aliphatic carbocycles. The van der Waals surface area contributed by atoms with E-state index in [2.05, 4.69) is 15.3 Å². The van der Waals surface area contributed by atoms with Crippen LogP contribution in [0.1, 0.15) is 30.9 Å². The van der Waals surface area contributed by atoms with Gasteiger partial charge in [-0.15, -0.1) is 0 Å². The number of benzene rings is 1. The molecule has 10 heteroatoms. The summed E-state index contributed by atoms with van der Waals surface area (Å²) >= 11 is 0. The fraction of sp³-hybridized carbons (Fsp3) is 0.571. The number of hydrogen-bond donors (Lipinski definition) is 1. The van der Waals surface area contributed by atoms with Crippen LogP contribution in [0.15, 0.2) is 35.4 Å². The number of amides is 2. The summed E-state index contributed by atoms with van der Waals surface area (Å²) in [5.41, 5.74) is 1.39. The van der Waals surface area contributed by atoms with Crippen molar-refractivity contribution in [3.8, 4) is 0 Å². The summed E-state index contributed by atoms with van der Waals surface area (Å²) in [6.07, 6.45) is 0.780. The van der Waals surface area contributed by atoms with Gasteiger partial charge in [0.1, 0.15) is 5.71 Å². The molecular formula is C21H28N4O5S. The van der Waals surface area contributed by atoms with E-state index in [1.807, 2.05) is 30.3 Å². The molecule has 1 aromatic carbocycles. The molecule has 3 aliphatic heterocycles. The number of rotatable bonds is 6. The van der Waals surface area contributed by atoms with Gasteiger partial charge >= 0.3 is 0 Å². The number of morpholine rings is 1. The molecule has 0 aromatic heterocycles. The molecule has 0 saturated carbocycles. The van der Waals surface area contributed by atoms with Crippen LogP contribution in [0.25, 0.3) is 0 Å². The van der Waals surface area contributed by atoms with Crippen molar-refractivity contribution in [2.45, 2.75) is 31.3 Å². The zero-order valence-electron chi connectivity index (χ0n) is 17.4. The highest BCUT2D eigenvalue weighted by molar-refractivity contribution is 7.91. The van der Waals surface area contributed by atoms with Gasteiger partial charge in [0, 0.05) is 32.5 Å². The third-order valence-electron chi connectivity index (χ3n) is 6.00. The summed E-state index contributed by atoms with van der Waals surface area (Å²) in [6, 6.07) is 9.55. The largest absolute Gasteiger partial charge is 0.379 e. The zero-order valence-corrected chi connectivity index (χ0v) is 18.2. The fourth-order valence-corrected chi connectivity index (χ4v) is 5.99. The summed E-state index contributed by atoms with van der Waals surface area (Å²) in [5.74, 6) is -0.581. The number of hydrazone groups is 1. The second-order valence-electron chi connectivity index (χ2n) is 8.13. The molecule has 2 fully saturated rings. The lowest BCUT2D eigenvalue weighted by atomic mass is 10.0. The van der Waals surface area contributed by atoms with Gasteiger partial charge in [0.05, 0.1) is 36.8 Å². The molecule has 1 aromatic rings. The smallest absolute Gasteiger partial charge is 0.267 e. The van der Waals surface area contributed by atoms with Crippen LogP contribution in [0, 0.1) is 0 Å². The van der Waals surface area contributed by atoms with E-state index >= 15 is 0 Å². The Labute approximate surface area is 182 Å². The van der Waals surface area contributed by atoms with Crippen molar-refractivity contribution in [2.24, 2.45) is 5.10 Å². The van der Waals surface area contributed by atoms with Crippen molar-refractivity contribution in [3.05, 3.63) is 35.9 Å². The van der Waals surface area contributed by atoms with E-state index in [-0.39, 0.29) is 47.9 Å². The lowest BCUT2D eigenvalue weighted by molar-refractivity contribution is -0.133. The molecule has 0 bridgehead atoms. The van der Waals surface area contributed by atoms with Crippen LogP contribution in [0.3, 0.4) is 0 Å². The standard InChI is InChI=1S/C21H28N4O5S/c26-20-7-6-18(23-25(20)17-8-13-31(28,29)15-17)21(27)22-14-19(16-4-2-1-3-5-16)24-9-11-30-12-10-24/h1-5,17,19H,6-15H2,(H,22,27)/t17-,19+/m0/s1. The van der Waals surface area contributed by atoms with E-state index in [1.54, 1.807) is 0 Å². The van der Waals surface area contributed by atoms with Crippen molar-refractivity contribution in [2.75, 3.05) is 44.4 Å². The van der Waals surface area contributed by atoms with Crippen molar-refractivity contribution >= 4 is 27.4 Å². The Bertz CT molecular complexity index is 944. The molecule has 3 heterocycles. The first-order valence-electron chi connectivity index (χ1n) is 10.7. The molecule has 168 valence electrons. The van der Waals surface area contributed by atoms with Gasteiger partial charge < -0.3 is 10.1 Å². The molecule has 1 N–H and O–H groups in total. The van der Waals surface area contributed by atoms with Gasteiger partial charge in [-0.25, -0.2) is 13.4 Å². The normalized spacial score (nSPS) is 25.2. The number of nitrogens with zero attached hydrogens (tertiary/aromatic N) is 3. The van der Waals surface area contributed by atoms with E-state index in [4.69, 9.17) is 4.74 Å². The van der Waals surface area contributed by atoms with Crippen molar-refractivity contribution < 1.29 is 22.7 Å². The third-order valence-corrected chi connectivity index (χ3v) is 7.75. The highest BCUT2D eigenvalue weighted by atomic mass is 32.2. The summed E-state index contributed by atoms with van der Waals surface area (Å²) < 4.78 is 29.0. The third kappa shape index (κ3) is 5.31. The quantitative estimate of drug-likeness (QED) is 0.672. The molecule has 2 saturated heterocycles. The van der Waals surface area contributed by atoms with Gasteiger partial charge in [-0.1, -0.05) is 30.3 Å².